The molecule has 1 aromatic carbocycles. The number of rotatable bonds is 5. The molecule has 0 amide bonds. The van der Waals surface area contributed by atoms with Crippen molar-refractivity contribution < 1.29 is 23.3 Å². The van der Waals surface area contributed by atoms with Crippen LogP contribution in [0.5, 0.6) is 11.5 Å². The predicted molar refractivity (Wildman–Crippen MR) is 84.4 cm³/mol. The van der Waals surface area contributed by atoms with Gasteiger partial charge in [0.05, 0.1) is 13.2 Å². The second-order valence-corrected chi connectivity index (χ2v) is 6.62. The summed E-state index contributed by atoms with van der Waals surface area (Å²) in [5.74, 6) is 0.0491. The maximum Gasteiger partial charge on any atom is 0.171 e. The Kier molecular flexibility index (Phi) is 4.78. The third-order valence-corrected chi connectivity index (χ3v) is 4.32. The van der Waals surface area contributed by atoms with Crippen LogP contribution in [0.3, 0.4) is 0 Å². The van der Waals surface area contributed by atoms with E-state index < -0.39 is 5.79 Å². The predicted octanol–water partition coefficient (Wildman–Crippen LogP) is 3.85. The van der Waals surface area contributed by atoms with Crippen LogP contribution in [0.4, 0.5) is 4.39 Å². The number of hydrogen-bond acceptors (Lipinski definition) is 4. The molecule has 0 N–H and O–H groups in total. The molecule has 2 atom stereocenters. The van der Waals surface area contributed by atoms with Gasteiger partial charge in [0, 0.05) is 5.56 Å². The molecule has 2 heterocycles. The normalized spacial score (nSPS) is 25.7. The molecule has 128 valence electrons. The van der Waals surface area contributed by atoms with E-state index in [0.29, 0.717) is 43.1 Å². The standard InChI is InChI=1S/C18H25FO4/c1-4-5-10-20-15-9-8-13-12(17(15)19)6-7-14(22-13)16-11-21-18(2,3)23-16/h8-9,14,16H,4-7,10-11H2,1-3H3/t14-,16+/m1/s1. The summed E-state index contributed by atoms with van der Waals surface area (Å²) in [6.07, 6.45) is 3.07. The van der Waals surface area contributed by atoms with Crippen molar-refractivity contribution in [3.8, 4) is 11.5 Å². The fourth-order valence-corrected chi connectivity index (χ4v) is 3.03. The third kappa shape index (κ3) is 3.61. The first kappa shape index (κ1) is 16.5. The average molecular weight is 324 g/mol. The van der Waals surface area contributed by atoms with Gasteiger partial charge in [-0.2, -0.15) is 0 Å². The Bertz CT molecular complexity index is 558. The average Bonchev–Trinajstić information content (AvgIpc) is 2.89. The lowest BCUT2D eigenvalue weighted by atomic mass is 9.98. The summed E-state index contributed by atoms with van der Waals surface area (Å²) in [6, 6.07) is 3.45. The van der Waals surface area contributed by atoms with Crippen molar-refractivity contribution in [1.29, 1.82) is 0 Å². The van der Waals surface area contributed by atoms with E-state index in [0.717, 1.165) is 12.8 Å². The van der Waals surface area contributed by atoms with Gasteiger partial charge >= 0.3 is 0 Å². The molecular formula is C18H25FO4. The fraction of sp³-hybridized carbons (Fsp3) is 0.667. The summed E-state index contributed by atoms with van der Waals surface area (Å²) in [7, 11) is 0. The van der Waals surface area contributed by atoms with Crippen molar-refractivity contribution in [2.24, 2.45) is 0 Å². The van der Waals surface area contributed by atoms with Crippen LogP contribution >= 0.6 is 0 Å². The molecule has 0 aromatic heterocycles. The first-order valence-electron chi connectivity index (χ1n) is 8.43. The molecule has 4 nitrogen and oxygen atoms in total. The lowest BCUT2D eigenvalue weighted by Crippen LogP contribution is -2.38. The lowest BCUT2D eigenvalue weighted by Gasteiger charge is -2.30. The SMILES string of the molecule is CCCCOc1ccc2c(c1F)CC[C@H]([C@@H]1COC(C)(C)O1)O2. The zero-order valence-electron chi connectivity index (χ0n) is 14.1. The molecule has 0 radical (unpaired) electrons. The molecule has 1 fully saturated rings. The molecule has 0 spiro atoms. The van der Waals surface area contributed by atoms with Gasteiger partial charge in [0.1, 0.15) is 18.0 Å². The largest absolute Gasteiger partial charge is 0.491 e. The summed E-state index contributed by atoms with van der Waals surface area (Å²) < 4.78 is 37.5. The molecule has 0 aliphatic carbocycles. The number of unbranched alkanes of at least 4 members (excludes halogenated alkanes) is 1. The first-order chi connectivity index (χ1) is 11.0. The van der Waals surface area contributed by atoms with Gasteiger partial charge in [0.2, 0.25) is 0 Å². The second kappa shape index (κ2) is 6.65. The van der Waals surface area contributed by atoms with E-state index in [1.54, 1.807) is 12.1 Å². The van der Waals surface area contributed by atoms with E-state index >= 15 is 0 Å². The highest BCUT2D eigenvalue weighted by atomic mass is 19.1. The Morgan fingerprint density at radius 2 is 2.13 bits per heavy atom. The Hall–Kier alpha value is -1.33. The Balaban J connectivity index is 1.69. The smallest absolute Gasteiger partial charge is 0.171 e. The van der Waals surface area contributed by atoms with E-state index in [1.165, 1.54) is 0 Å². The van der Waals surface area contributed by atoms with Crippen LogP contribution in [0.2, 0.25) is 0 Å². The van der Waals surface area contributed by atoms with Crippen LogP contribution in [-0.4, -0.2) is 31.2 Å². The molecular weight excluding hydrogens is 299 g/mol. The summed E-state index contributed by atoms with van der Waals surface area (Å²) in [6.45, 7) is 6.91. The first-order valence-corrected chi connectivity index (χ1v) is 8.43. The summed E-state index contributed by atoms with van der Waals surface area (Å²) in [4.78, 5) is 0. The Morgan fingerprint density at radius 3 is 2.83 bits per heavy atom. The minimum absolute atomic E-state index is 0.101. The van der Waals surface area contributed by atoms with Gasteiger partial charge in [0.25, 0.3) is 0 Å². The third-order valence-electron chi connectivity index (χ3n) is 4.32. The van der Waals surface area contributed by atoms with Crippen LogP contribution in [-0.2, 0) is 15.9 Å². The van der Waals surface area contributed by atoms with Crippen molar-refractivity contribution in [3.05, 3.63) is 23.5 Å². The molecule has 1 saturated heterocycles. The number of benzene rings is 1. The fourth-order valence-electron chi connectivity index (χ4n) is 3.03. The minimum Gasteiger partial charge on any atom is -0.491 e. The maximum absolute atomic E-state index is 14.5. The molecule has 3 rings (SSSR count). The minimum atomic E-state index is -0.573. The van der Waals surface area contributed by atoms with E-state index in [-0.39, 0.29) is 18.0 Å². The van der Waals surface area contributed by atoms with Gasteiger partial charge in [-0.05, 0) is 45.2 Å². The van der Waals surface area contributed by atoms with Crippen LogP contribution < -0.4 is 9.47 Å². The number of halogens is 1. The van der Waals surface area contributed by atoms with E-state index in [2.05, 4.69) is 6.92 Å². The summed E-state index contributed by atoms with van der Waals surface area (Å²) in [5, 5.41) is 0. The number of hydrogen-bond donors (Lipinski definition) is 0. The Morgan fingerprint density at radius 1 is 1.30 bits per heavy atom. The summed E-state index contributed by atoms with van der Waals surface area (Å²) >= 11 is 0. The van der Waals surface area contributed by atoms with Crippen molar-refractivity contribution in [2.75, 3.05) is 13.2 Å². The monoisotopic (exact) mass is 324 g/mol. The van der Waals surface area contributed by atoms with Gasteiger partial charge in [-0.3, -0.25) is 0 Å². The number of ether oxygens (including phenoxy) is 4. The van der Waals surface area contributed by atoms with Crippen LogP contribution in [0, 0.1) is 5.82 Å². The molecule has 5 heteroatoms. The van der Waals surface area contributed by atoms with Gasteiger partial charge in [-0.25, -0.2) is 4.39 Å². The highest BCUT2D eigenvalue weighted by Gasteiger charge is 2.40. The maximum atomic E-state index is 14.5. The van der Waals surface area contributed by atoms with Crippen LogP contribution in [0.25, 0.3) is 0 Å². The van der Waals surface area contributed by atoms with Crippen molar-refractivity contribution in [1.82, 2.24) is 0 Å². The van der Waals surface area contributed by atoms with Gasteiger partial charge in [-0.1, -0.05) is 13.3 Å². The van der Waals surface area contributed by atoms with Gasteiger partial charge in [0.15, 0.2) is 17.4 Å². The second-order valence-electron chi connectivity index (χ2n) is 6.62. The van der Waals surface area contributed by atoms with Crippen molar-refractivity contribution >= 4 is 0 Å². The van der Waals surface area contributed by atoms with E-state index in [9.17, 15) is 4.39 Å². The van der Waals surface area contributed by atoms with Crippen molar-refractivity contribution in [3.63, 3.8) is 0 Å². The zero-order chi connectivity index (χ0) is 16.4. The van der Waals surface area contributed by atoms with Crippen LogP contribution in [0.1, 0.15) is 45.6 Å². The number of fused-ring (bicyclic) bond motifs is 1. The highest BCUT2D eigenvalue weighted by molar-refractivity contribution is 5.43. The molecule has 1 aromatic rings. The van der Waals surface area contributed by atoms with Crippen LogP contribution in [0.15, 0.2) is 12.1 Å². The van der Waals surface area contributed by atoms with Gasteiger partial charge < -0.3 is 18.9 Å². The van der Waals surface area contributed by atoms with Crippen molar-refractivity contribution in [2.45, 2.75) is 64.4 Å². The lowest BCUT2D eigenvalue weighted by molar-refractivity contribution is -0.149. The summed E-state index contributed by atoms with van der Waals surface area (Å²) in [5.41, 5.74) is 0.605. The Labute approximate surface area is 136 Å². The molecule has 0 saturated carbocycles. The molecule has 2 aliphatic rings. The molecule has 2 aliphatic heterocycles. The topological polar surface area (TPSA) is 36.9 Å². The zero-order valence-corrected chi connectivity index (χ0v) is 14.1. The van der Waals surface area contributed by atoms with Gasteiger partial charge in [-0.15, -0.1) is 0 Å². The van der Waals surface area contributed by atoms with E-state index in [1.807, 2.05) is 13.8 Å². The molecule has 0 unspecified atom stereocenters. The quantitative estimate of drug-likeness (QED) is 0.771. The highest BCUT2D eigenvalue weighted by Crippen LogP contribution is 2.37. The van der Waals surface area contributed by atoms with E-state index in [4.69, 9.17) is 18.9 Å². The molecule has 23 heavy (non-hydrogen) atoms. The molecule has 0 bridgehead atoms.